The molecule has 0 bridgehead atoms. The molecule has 0 unspecified atom stereocenters. The summed E-state index contributed by atoms with van der Waals surface area (Å²) >= 11 is 2.73. The number of halogens is 1. The van der Waals surface area contributed by atoms with Crippen LogP contribution in [0.1, 0.15) is 5.56 Å². The van der Waals surface area contributed by atoms with E-state index in [9.17, 15) is 9.50 Å². The topological polar surface area (TPSA) is 49.2 Å². The van der Waals surface area contributed by atoms with E-state index in [2.05, 4.69) is 10.2 Å². The second-order valence-electron chi connectivity index (χ2n) is 3.72. The molecule has 0 aliphatic carbocycles. The first-order chi connectivity index (χ1) is 8.61. The summed E-state index contributed by atoms with van der Waals surface area (Å²) in [6.45, 7) is -0.325. The first kappa shape index (κ1) is 13.3. The Morgan fingerprint density at radius 3 is 2.78 bits per heavy atom. The highest BCUT2D eigenvalue weighted by Crippen LogP contribution is 2.35. The van der Waals surface area contributed by atoms with Crippen molar-refractivity contribution in [2.45, 2.75) is 15.8 Å². The molecule has 0 spiro atoms. The minimum absolute atomic E-state index is 0.295. The zero-order chi connectivity index (χ0) is 13.1. The van der Waals surface area contributed by atoms with Crippen LogP contribution in [0, 0.1) is 5.82 Å². The Balaban J connectivity index is 2.25. The van der Waals surface area contributed by atoms with E-state index in [4.69, 9.17) is 0 Å². The summed E-state index contributed by atoms with van der Waals surface area (Å²) in [5.41, 5.74) is 0.295. The van der Waals surface area contributed by atoms with E-state index in [1.54, 1.807) is 12.1 Å². The van der Waals surface area contributed by atoms with Crippen molar-refractivity contribution in [3.8, 4) is 0 Å². The van der Waals surface area contributed by atoms with Crippen LogP contribution < -0.4 is 4.90 Å². The molecule has 0 fully saturated rings. The van der Waals surface area contributed by atoms with Gasteiger partial charge in [-0.05, 0) is 12.1 Å². The first-order valence-electron chi connectivity index (χ1n) is 5.18. The predicted molar refractivity (Wildman–Crippen MR) is 70.7 cm³/mol. The van der Waals surface area contributed by atoms with Crippen LogP contribution in [0.5, 0.6) is 0 Å². The number of rotatable bonds is 4. The molecular formula is C11H12FN3OS2. The van der Waals surface area contributed by atoms with Crippen LogP contribution in [-0.4, -0.2) is 29.4 Å². The van der Waals surface area contributed by atoms with Crippen LogP contribution in [0.15, 0.2) is 27.4 Å². The van der Waals surface area contributed by atoms with Gasteiger partial charge in [-0.2, -0.15) is 0 Å². The van der Waals surface area contributed by atoms with E-state index >= 15 is 0 Å². The Morgan fingerprint density at radius 1 is 1.39 bits per heavy atom. The van der Waals surface area contributed by atoms with E-state index in [1.807, 2.05) is 19.0 Å². The molecule has 1 aromatic heterocycles. The van der Waals surface area contributed by atoms with E-state index < -0.39 is 5.82 Å². The second kappa shape index (κ2) is 5.64. The van der Waals surface area contributed by atoms with Gasteiger partial charge in [-0.1, -0.05) is 29.2 Å². The fourth-order valence-corrected chi connectivity index (χ4v) is 3.17. The van der Waals surface area contributed by atoms with Crippen LogP contribution in [0.25, 0.3) is 0 Å². The molecule has 4 nitrogen and oxygen atoms in total. The van der Waals surface area contributed by atoms with Crippen LogP contribution in [0.2, 0.25) is 0 Å². The van der Waals surface area contributed by atoms with Crippen molar-refractivity contribution in [1.29, 1.82) is 0 Å². The van der Waals surface area contributed by atoms with Gasteiger partial charge in [0.15, 0.2) is 4.34 Å². The van der Waals surface area contributed by atoms with Crippen molar-refractivity contribution in [1.82, 2.24) is 10.2 Å². The lowest BCUT2D eigenvalue weighted by atomic mass is 10.2. The molecule has 0 aliphatic rings. The predicted octanol–water partition coefficient (Wildman–Crippen LogP) is 2.39. The maximum Gasteiger partial charge on any atom is 0.208 e. The van der Waals surface area contributed by atoms with Crippen LogP contribution in [-0.2, 0) is 6.61 Å². The highest BCUT2D eigenvalue weighted by molar-refractivity contribution is 8.01. The Labute approximate surface area is 112 Å². The molecule has 0 aliphatic heterocycles. The fourth-order valence-electron chi connectivity index (χ4n) is 1.31. The van der Waals surface area contributed by atoms with Gasteiger partial charge in [-0.3, -0.25) is 0 Å². The number of aliphatic hydroxyl groups is 1. The molecule has 1 heterocycles. The molecule has 0 radical (unpaired) electrons. The number of nitrogens with zero attached hydrogens (tertiary/aromatic N) is 3. The van der Waals surface area contributed by atoms with Gasteiger partial charge < -0.3 is 10.0 Å². The zero-order valence-corrected chi connectivity index (χ0v) is 11.6. The van der Waals surface area contributed by atoms with Gasteiger partial charge >= 0.3 is 0 Å². The Bertz CT molecular complexity index is 545. The quantitative estimate of drug-likeness (QED) is 0.934. The number of benzene rings is 1. The average molecular weight is 285 g/mol. The maximum absolute atomic E-state index is 13.5. The molecule has 0 atom stereocenters. The molecule has 1 N–H and O–H groups in total. The Kier molecular flexibility index (Phi) is 4.15. The lowest BCUT2D eigenvalue weighted by molar-refractivity contribution is 0.272. The number of anilines is 1. The minimum Gasteiger partial charge on any atom is -0.392 e. The highest BCUT2D eigenvalue weighted by Gasteiger charge is 2.12. The molecule has 7 heteroatoms. The van der Waals surface area contributed by atoms with Crippen molar-refractivity contribution in [2.24, 2.45) is 0 Å². The second-order valence-corrected chi connectivity index (χ2v) is 5.97. The summed E-state index contributed by atoms with van der Waals surface area (Å²) in [6.07, 6.45) is 0. The average Bonchev–Trinajstić information content (AvgIpc) is 2.78. The number of hydrogen-bond donors (Lipinski definition) is 1. The highest BCUT2D eigenvalue weighted by atomic mass is 32.2. The van der Waals surface area contributed by atoms with E-state index in [1.165, 1.54) is 29.2 Å². The normalized spacial score (nSPS) is 10.7. The third-order valence-corrected chi connectivity index (χ3v) is 4.45. The molecule has 96 valence electrons. The van der Waals surface area contributed by atoms with Gasteiger partial charge in [0.05, 0.1) is 6.61 Å². The van der Waals surface area contributed by atoms with Crippen molar-refractivity contribution in [3.05, 3.63) is 29.6 Å². The zero-order valence-electron chi connectivity index (χ0n) is 9.92. The monoisotopic (exact) mass is 285 g/mol. The number of aromatic nitrogens is 2. The van der Waals surface area contributed by atoms with Crippen molar-refractivity contribution < 1.29 is 9.50 Å². The minimum atomic E-state index is -0.403. The Morgan fingerprint density at radius 2 is 2.17 bits per heavy atom. The van der Waals surface area contributed by atoms with Gasteiger partial charge in [0.2, 0.25) is 5.13 Å². The smallest absolute Gasteiger partial charge is 0.208 e. The molecule has 0 amide bonds. The SMILES string of the molecule is CN(C)c1nnc(Sc2cccc(F)c2CO)s1. The van der Waals surface area contributed by atoms with Gasteiger partial charge in [0.25, 0.3) is 0 Å². The molecule has 1 aromatic carbocycles. The fraction of sp³-hybridized carbons (Fsp3) is 0.273. The number of aliphatic hydroxyl groups excluding tert-OH is 1. The third-order valence-electron chi connectivity index (χ3n) is 2.21. The van der Waals surface area contributed by atoms with Gasteiger partial charge in [0, 0.05) is 24.6 Å². The van der Waals surface area contributed by atoms with Crippen LogP contribution in [0.3, 0.4) is 0 Å². The van der Waals surface area contributed by atoms with Crippen LogP contribution >= 0.6 is 23.1 Å². The lowest BCUT2D eigenvalue weighted by Crippen LogP contribution is -2.07. The van der Waals surface area contributed by atoms with Gasteiger partial charge in [0.1, 0.15) is 5.82 Å². The standard InChI is InChI=1S/C11H12FN3OS2/c1-15(2)10-13-14-11(18-10)17-9-5-3-4-8(12)7(9)6-16/h3-5,16H,6H2,1-2H3. The molecule has 2 aromatic rings. The van der Waals surface area contributed by atoms with Crippen molar-refractivity contribution in [2.75, 3.05) is 19.0 Å². The van der Waals surface area contributed by atoms with Crippen LogP contribution in [0.4, 0.5) is 9.52 Å². The van der Waals surface area contributed by atoms with E-state index in [0.717, 1.165) is 9.47 Å². The molecule has 18 heavy (non-hydrogen) atoms. The largest absolute Gasteiger partial charge is 0.392 e. The summed E-state index contributed by atoms with van der Waals surface area (Å²) in [7, 11) is 3.77. The number of hydrogen-bond acceptors (Lipinski definition) is 6. The molecule has 2 rings (SSSR count). The van der Waals surface area contributed by atoms with E-state index in [-0.39, 0.29) is 6.61 Å². The molecular weight excluding hydrogens is 273 g/mol. The summed E-state index contributed by atoms with van der Waals surface area (Å²) in [5.74, 6) is -0.403. The summed E-state index contributed by atoms with van der Waals surface area (Å²) in [6, 6.07) is 4.71. The molecule has 0 saturated heterocycles. The van der Waals surface area contributed by atoms with Gasteiger partial charge in [-0.15, -0.1) is 10.2 Å². The Hall–Kier alpha value is -1.18. The lowest BCUT2D eigenvalue weighted by Gasteiger charge is -2.05. The first-order valence-corrected chi connectivity index (χ1v) is 6.82. The summed E-state index contributed by atoms with van der Waals surface area (Å²) in [4.78, 5) is 2.53. The third kappa shape index (κ3) is 2.80. The summed E-state index contributed by atoms with van der Waals surface area (Å²) in [5, 5.41) is 18.0. The van der Waals surface area contributed by atoms with Gasteiger partial charge in [-0.25, -0.2) is 4.39 Å². The molecule has 0 saturated carbocycles. The van der Waals surface area contributed by atoms with Crippen molar-refractivity contribution in [3.63, 3.8) is 0 Å². The summed E-state index contributed by atoms with van der Waals surface area (Å²) < 4.78 is 14.2. The van der Waals surface area contributed by atoms with Crippen molar-refractivity contribution >= 4 is 28.2 Å². The maximum atomic E-state index is 13.5. The van der Waals surface area contributed by atoms with E-state index in [0.29, 0.717) is 10.5 Å².